The van der Waals surface area contributed by atoms with Gasteiger partial charge >= 0.3 is 0 Å². The van der Waals surface area contributed by atoms with Gasteiger partial charge in [-0.1, -0.05) is 6.07 Å². The molecule has 0 amide bonds. The molecule has 0 fully saturated rings. The van der Waals surface area contributed by atoms with Crippen LogP contribution in [-0.4, -0.2) is 14.8 Å². The van der Waals surface area contributed by atoms with Gasteiger partial charge in [0.25, 0.3) is 5.56 Å². The molecule has 0 radical (unpaired) electrons. The second kappa shape index (κ2) is 7.55. The molecule has 0 unspecified atom stereocenters. The van der Waals surface area contributed by atoms with Gasteiger partial charge in [0.2, 0.25) is 0 Å². The van der Waals surface area contributed by atoms with Gasteiger partial charge < -0.3 is 9.30 Å². The maximum atomic E-state index is 13.7. The lowest BCUT2D eigenvalue weighted by Crippen LogP contribution is -2.21. The molecule has 2 heterocycles. The Morgan fingerprint density at radius 3 is 2.82 bits per heavy atom. The number of ether oxygens (including phenoxy) is 1. The highest BCUT2D eigenvalue weighted by atomic mass is 79.9. The van der Waals surface area contributed by atoms with Crippen molar-refractivity contribution in [2.24, 2.45) is 0 Å². The van der Waals surface area contributed by atoms with Crippen LogP contribution in [0.1, 0.15) is 11.1 Å². The Morgan fingerprint density at radius 2 is 2.00 bits per heavy atom. The van der Waals surface area contributed by atoms with Crippen molar-refractivity contribution in [1.82, 2.24) is 14.8 Å². The molecule has 0 spiro atoms. The van der Waals surface area contributed by atoms with Crippen molar-refractivity contribution in [3.05, 3.63) is 92.4 Å². The highest BCUT2D eigenvalue weighted by Crippen LogP contribution is 2.23. The van der Waals surface area contributed by atoms with Crippen LogP contribution < -0.4 is 10.3 Å². The van der Waals surface area contributed by atoms with Gasteiger partial charge in [-0.25, -0.2) is 8.78 Å². The molecule has 0 aliphatic carbocycles. The fourth-order valence-corrected chi connectivity index (χ4v) is 3.32. The average Bonchev–Trinajstić information content (AvgIpc) is 3.14. The van der Waals surface area contributed by atoms with E-state index in [1.165, 1.54) is 10.6 Å². The molecule has 0 aliphatic rings. The normalized spacial score (nSPS) is 11.1. The third-order valence-corrected chi connectivity index (χ3v) is 5.06. The van der Waals surface area contributed by atoms with E-state index in [4.69, 9.17) is 4.74 Å². The van der Waals surface area contributed by atoms with Crippen molar-refractivity contribution in [3.63, 3.8) is 0 Å². The number of rotatable bonds is 5. The zero-order valence-electron chi connectivity index (χ0n) is 14.5. The van der Waals surface area contributed by atoms with E-state index in [9.17, 15) is 13.6 Å². The van der Waals surface area contributed by atoms with Crippen LogP contribution in [-0.2, 0) is 13.2 Å². The fraction of sp³-hybridized carbons (Fsp3) is 0.100. The molecule has 28 heavy (non-hydrogen) atoms. The fourth-order valence-electron chi connectivity index (χ4n) is 2.85. The Balaban J connectivity index is 1.53. The summed E-state index contributed by atoms with van der Waals surface area (Å²) in [7, 11) is 0. The summed E-state index contributed by atoms with van der Waals surface area (Å²) in [5, 5.41) is 7.83. The van der Waals surface area contributed by atoms with Crippen LogP contribution in [0.5, 0.6) is 5.75 Å². The summed E-state index contributed by atoms with van der Waals surface area (Å²) >= 11 is 3.25. The van der Waals surface area contributed by atoms with Crippen LogP contribution in [0.3, 0.4) is 0 Å². The first-order chi connectivity index (χ1) is 13.5. The summed E-state index contributed by atoms with van der Waals surface area (Å²) in [6, 6.07) is 10.7. The predicted octanol–water partition coefficient (Wildman–Crippen LogP) is 4.39. The molecular formula is C20H14BrF2N3O2. The Kier molecular flexibility index (Phi) is 4.95. The zero-order chi connectivity index (χ0) is 19.7. The Bertz CT molecular complexity index is 1220. The van der Waals surface area contributed by atoms with E-state index in [1.54, 1.807) is 18.5 Å². The van der Waals surface area contributed by atoms with E-state index in [0.717, 1.165) is 28.6 Å². The number of fused-ring (bicyclic) bond motifs is 1. The summed E-state index contributed by atoms with van der Waals surface area (Å²) in [5.74, 6) is -1.06. The summed E-state index contributed by atoms with van der Waals surface area (Å²) in [6.45, 7) is 0.261. The van der Waals surface area contributed by atoms with E-state index in [-0.39, 0.29) is 28.0 Å². The van der Waals surface area contributed by atoms with Gasteiger partial charge in [0.15, 0.2) is 0 Å². The maximum absolute atomic E-state index is 13.7. The number of hydrogen-bond donors (Lipinski definition) is 1. The first kappa shape index (κ1) is 18.4. The van der Waals surface area contributed by atoms with Crippen LogP contribution in [0.4, 0.5) is 8.78 Å². The van der Waals surface area contributed by atoms with Crippen LogP contribution >= 0.6 is 15.9 Å². The SMILES string of the molecule is O=c1c(Br)c(OCc2ccc(F)cc2F)ccn1Cc1ccc2[nH]ncc2c1. The number of hydrogen-bond acceptors (Lipinski definition) is 3. The van der Waals surface area contributed by atoms with Gasteiger partial charge in [-0.05, 0) is 51.8 Å². The molecule has 4 rings (SSSR count). The number of aromatic nitrogens is 3. The van der Waals surface area contributed by atoms with Crippen LogP contribution in [0.2, 0.25) is 0 Å². The van der Waals surface area contributed by atoms with Gasteiger partial charge in [0.05, 0.1) is 18.3 Å². The highest BCUT2D eigenvalue weighted by Gasteiger charge is 2.11. The molecular weight excluding hydrogens is 432 g/mol. The van der Waals surface area contributed by atoms with Gasteiger partial charge in [-0.2, -0.15) is 5.10 Å². The van der Waals surface area contributed by atoms with Crippen molar-refractivity contribution >= 4 is 26.8 Å². The quantitative estimate of drug-likeness (QED) is 0.495. The summed E-state index contributed by atoms with van der Waals surface area (Å²) in [6.07, 6.45) is 3.34. The Hall–Kier alpha value is -3.00. The first-order valence-corrected chi connectivity index (χ1v) is 9.18. The molecule has 2 aromatic heterocycles. The van der Waals surface area contributed by atoms with E-state index in [2.05, 4.69) is 26.1 Å². The van der Waals surface area contributed by atoms with Gasteiger partial charge in [-0.3, -0.25) is 9.89 Å². The van der Waals surface area contributed by atoms with Crippen molar-refractivity contribution < 1.29 is 13.5 Å². The minimum absolute atomic E-state index is 0.120. The van der Waals surface area contributed by atoms with Crippen molar-refractivity contribution in [1.29, 1.82) is 0 Å². The second-order valence-electron chi connectivity index (χ2n) is 6.24. The molecule has 0 saturated heterocycles. The van der Waals surface area contributed by atoms with Crippen molar-refractivity contribution in [2.45, 2.75) is 13.2 Å². The lowest BCUT2D eigenvalue weighted by Gasteiger charge is -2.12. The predicted molar refractivity (Wildman–Crippen MR) is 104 cm³/mol. The monoisotopic (exact) mass is 445 g/mol. The first-order valence-electron chi connectivity index (χ1n) is 8.39. The third-order valence-electron chi connectivity index (χ3n) is 4.33. The van der Waals surface area contributed by atoms with E-state index in [0.29, 0.717) is 6.54 Å². The lowest BCUT2D eigenvalue weighted by molar-refractivity contribution is 0.296. The molecule has 0 saturated carbocycles. The Labute approximate surface area is 166 Å². The van der Waals surface area contributed by atoms with E-state index in [1.807, 2.05) is 18.2 Å². The lowest BCUT2D eigenvalue weighted by atomic mass is 10.1. The second-order valence-corrected chi connectivity index (χ2v) is 7.04. The molecule has 0 aliphatic heterocycles. The van der Waals surface area contributed by atoms with Gasteiger partial charge in [0.1, 0.15) is 28.5 Å². The summed E-state index contributed by atoms with van der Waals surface area (Å²) in [5.41, 5.74) is 1.80. The Morgan fingerprint density at radius 1 is 1.14 bits per heavy atom. The van der Waals surface area contributed by atoms with E-state index < -0.39 is 11.6 Å². The molecule has 2 aromatic carbocycles. The molecule has 4 aromatic rings. The molecule has 8 heteroatoms. The number of halogens is 3. The average molecular weight is 446 g/mol. The zero-order valence-corrected chi connectivity index (χ0v) is 16.0. The highest BCUT2D eigenvalue weighted by molar-refractivity contribution is 9.10. The van der Waals surface area contributed by atoms with Crippen molar-refractivity contribution in [3.8, 4) is 5.75 Å². The largest absolute Gasteiger partial charge is 0.487 e. The minimum atomic E-state index is -0.695. The standard InChI is InChI=1S/C20H14BrF2N3O2/c21-19-18(28-11-13-2-3-15(22)8-16(13)23)5-6-26(20(19)27)10-12-1-4-17-14(7-12)9-24-25-17/h1-9H,10-11H2,(H,24,25). The maximum Gasteiger partial charge on any atom is 0.268 e. The number of nitrogens with one attached hydrogen (secondary N) is 1. The number of pyridine rings is 1. The molecule has 0 atom stereocenters. The van der Waals surface area contributed by atoms with Crippen molar-refractivity contribution in [2.75, 3.05) is 0 Å². The number of H-pyrrole nitrogens is 1. The summed E-state index contributed by atoms with van der Waals surface area (Å²) in [4.78, 5) is 12.6. The topological polar surface area (TPSA) is 59.9 Å². The van der Waals surface area contributed by atoms with E-state index >= 15 is 0 Å². The molecule has 5 nitrogen and oxygen atoms in total. The minimum Gasteiger partial charge on any atom is -0.487 e. The van der Waals surface area contributed by atoms with Gasteiger partial charge in [0, 0.05) is 23.2 Å². The van der Waals surface area contributed by atoms with Crippen LogP contribution in [0, 0.1) is 11.6 Å². The number of aromatic amines is 1. The van der Waals surface area contributed by atoms with Crippen LogP contribution in [0.15, 0.2) is 64.1 Å². The summed E-state index contributed by atoms with van der Waals surface area (Å²) < 4.78 is 34.0. The molecule has 1 N–H and O–H groups in total. The third kappa shape index (κ3) is 3.68. The molecule has 142 valence electrons. The van der Waals surface area contributed by atoms with Crippen LogP contribution in [0.25, 0.3) is 10.9 Å². The molecule has 0 bridgehead atoms. The number of nitrogens with zero attached hydrogens (tertiary/aromatic N) is 2. The number of benzene rings is 2. The smallest absolute Gasteiger partial charge is 0.268 e. The van der Waals surface area contributed by atoms with Gasteiger partial charge in [-0.15, -0.1) is 0 Å².